The normalized spacial score (nSPS) is 11.6. The lowest BCUT2D eigenvalue weighted by atomic mass is 10.1. The van der Waals surface area contributed by atoms with E-state index in [9.17, 15) is 0 Å². The third-order valence-corrected chi connectivity index (χ3v) is 6.89. The van der Waals surface area contributed by atoms with E-state index in [1.165, 1.54) is 78.7 Å². The summed E-state index contributed by atoms with van der Waals surface area (Å²) in [5.74, 6) is 0. The molecule has 138 valence electrons. The van der Waals surface area contributed by atoms with E-state index in [4.69, 9.17) is 11.6 Å². The van der Waals surface area contributed by atoms with Gasteiger partial charge in [-0.3, -0.25) is 0 Å². The topological polar surface area (TPSA) is 0 Å². The Morgan fingerprint density at radius 2 is 1.56 bits per heavy atom. The predicted octanol–water partition coefficient (Wildman–Crippen LogP) is 8.88. The van der Waals surface area contributed by atoms with Crippen molar-refractivity contribution in [1.82, 2.24) is 0 Å². The Balaban J connectivity index is 1.90. The third-order valence-electron chi connectivity index (χ3n) is 4.56. The van der Waals surface area contributed by atoms with Crippen LogP contribution in [-0.2, 0) is 12.8 Å². The summed E-state index contributed by atoms with van der Waals surface area (Å²) in [6.45, 7) is 4.52. The summed E-state index contributed by atoms with van der Waals surface area (Å²) in [6, 6.07) is 4.57. The molecule has 0 aliphatic heterocycles. The molecule has 0 fully saturated rings. The van der Waals surface area contributed by atoms with E-state index in [0.717, 1.165) is 10.8 Å². The van der Waals surface area contributed by atoms with Gasteiger partial charge in [0.15, 0.2) is 0 Å². The Labute approximate surface area is 166 Å². The third kappa shape index (κ3) is 7.29. The number of hydrogen-bond donors (Lipinski definition) is 0. The van der Waals surface area contributed by atoms with Crippen molar-refractivity contribution in [3.8, 4) is 0 Å². The molecule has 0 aliphatic carbocycles. The predicted molar refractivity (Wildman–Crippen MR) is 118 cm³/mol. The number of unbranched alkanes of at least 4 members (excludes halogenated alkanes) is 6. The number of aryl methyl sites for hydroxylation is 2. The van der Waals surface area contributed by atoms with Gasteiger partial charge >= 0.3 is 0 Å². The first kappa shape index (κ1) is 20.7. The lowest BCUT2D eigenvalue weighted by molar-refractivity contribution is 0.667. The van der Waals surface area contributed by atoms with Crippen LogP contribution in [0.15, 0.2) is 17.5 Å². The van der Waals surface area contributed by atoms with Gasteiger partial charge in [-0.1, -0.05) is 64.0 Å². The van der Waals surface area contributed by atoms with Gasteiger partial charge in [-0.05, 0) is 66.5 Å². The zero-order valence-corrected chi connectivity index (χ0v) is 18.0. The quantitative estimate of drug-likeness (QED) is 0.315. The number of rotatable bonds is 12. The monoisotopic (exact) mass is 394 g/mol. The van der Waals surface area contributed by atoms with Crippen molar-refractivity contribution in [2.45, 2.75) is 78.1 Å². The van der Waals surface area contributed by atoms with Gasteiger partial charge in [0.25, 0.3) is 0 Å². The van der Waals surface area contributed by atoms with E-state index in [1.807, 2.05) is 11.3 Å². The van der Waals surface area contributed by atoms with Gasteiger partial charge in [-0.15, -0.1) is 22.7 Å². The van der Waals surface area contributed by atoms with Crippen molar-refractivity contribution in [3.05, 3.63) is 42.7 Å². The Bertz CT molecular complexity index is 636. The van der Waals surface area contributed by atoms with E-state index in [2.05, 4.69) is 43.5 Å². The Hall–Kier alpha value is -0.570. The Kier molecular flexibility index (Phi) is 9.90. The molecule has 3 heteroatoms. The molecule has 2 heterocycles. The lowest BCUT2D eigenvalue weighted by Gasteiger charge is -2.00. The summed E-state index contributed by atoms with van der Waals surface area (Å²) in [5, 5.41) is 2.22. The molecule has 0 spiro atoms. The molecule has 2 aromatic heterocycles. The molecule has 0 unspecified atom stereocenters. The van der Waals surface area contributed by atoms with E-state index in [0.29, 0.717) is 0 Å². The zero-order valence-electron chi connectivity index (χ0n) is 15.7. The van der Waals surface area contributed by atoms with Crippen LogP contribution in [0.1, 0.15) is 86.1 Å². The molecule has 25 heavy (non-hydrogen) atoms. The maximum absolute atomic E-state index is 6.44. The Morgan fingerprint density at radius 3 is 2.24 bits per heavy atom. The van der Waals surface area contributed by atoms with Crippen LogP contribution in [0, 0.1) is 0 Å². The van der Waals surface area contributed by atoms with E-state index >= 15 is 0 Å². The molecule has 0 bridgehead atoms. The average Bonchev–Trinajstić information content (AvgIpc) is 3.20. The van der Waals surface area contributed by atoms with Crippen LogP contribution in [-0.4, -0.2) is 0 Å². The van der Waals surface area contributed by atoms with E-state index < -0.39 is 0 Å². The highest BCUT2D eigenvalue weighted by Gasteiger charge is 2.06. The fourth-order valence-electron chi connectivity index (χ4n) is 3.02. The van der Waals surface area contributed by atoms with Crippen molar-refractivity contribution < 1.29 is 0 Å². The summed E-state index contributed by atoms with van der Waals surface area (Å²) in [7, 11) is 0. The van der Waals surface area contributed by atoms with Crippen molar-refractivity contribution in [2.75, 3.05) is 0 Å². The standard InChI is InChI=1S/C22H31ClS2/c1-3-5-7-9-11-18-15-16-24-21(18)14-13-20-17-19(22(23)25-20)12-10-8-6-4-2/h13-17H,3-12H2,1-2H3/b14-13+. The van der Waals surface area contributed by atoms with Gasteiger partial charge in [0.1, 0.15) is 0 Å². The second-order valence-corrected chi connectivity index (χ2v) is 9.35. The summed E-state index contributed by atoms with van der Waals surface area (Å²) in [5.41, 5.74) is 2.83. The SMILES string of the molecule is CCCCCCc1cc(/C=C/c2sccc2CCCCCC)sc1Cl. The smallest absolute Gasteiger partial charge is 0.0966 e. The summed E-state index contributed by atoms with van der Waals surface area (Å²) in [4.78, 5) is 2.69. The minimum atomic E-state index is 0.974. The highest BCUT2D eigenvalue weighted by atomic mass is 35.5. The second-order valence-electron chi connectivity index (χ2n) is 6.71. The minimum absolute atomic E-state index is 0.974. The zero-order chi connectivity index (χ0) is 17.9. The van der Waals surface area contributed by atoms with Crippen molar-refractivity contribution in [2.24, 2.45) is 0 Å². The van der Waals surface area contributed by atoms with Gasteiger partial charge in [-0.25, -0.2) is 0 Å². The van der Waals surface area contributed by atoms with Gasteiger partial charge in [0.05, 0.1) is 4.34 Å². The number of thiophene rings is 2. The molecule has 0 aliphatic rings. The van der Waals surface area contributed by atoms with Gasteiger partial charge in [-0.2, -0.15) is 0 Å². The molecule has 2 aromatic rings. The first-order chi connectivity index (χ1) is 12.2. The molecule has 0 aromatic carbocycles. The number of hydrogen-bond acceptors (Lipinski definition) is 2. The summed E-state index contributed by atoms with van der Waals surface area (Å²) in [6.07, 6.45) is 17.3. The molecule has 0 radical (unpaired) electrons. The molecular formula is C22H31ClS2. The largest absolute Gasteiger partial charge is 0.144 e. The molecule has 2 rings (SSSR count). The van der Waals surface area contributed by atoms with Crippen LogP contribution in [0.3, 0.4) is 0 Å². The van der Waals surface area contributed by atoms with Crippen LogP contribution < -0.4 is 0 Å². The molecule has 0 saturated carbocycles. The Morgan fingerprint density at radius 1 is 0.880 bits per heavy atom. The highest BCUT2D eigenvalue weighted by Crippen LogP contribution is 2.31. The van der Waals surface area contributed by atoms with Gasteiger partial charge < -0.3 is 0 Å². The van der Waals surface area contributed by atoms with Crippen molar-refractivity contribution in [1.29, 1.82) is 0 Å². The van der Waals surface area contributed by atoms with Crippen molar-refractivity contribution in [3.63, 3.8) is 0 Å². The molecule has 0 atom stereocenters. The molecule has 0 nitrogen and oxygen atoms in total. The van der Waals surface area contributed by atoms with Crippen LogP contribution in [0.25, 0.3) is 12.2 Å². The molecule has 0 N–H and O–H groups in total. The lowest BCUT2D eigenvalue weighted by Crippen LogP contribution is -1.85. The molecule has 0 saturated heterocycles. The van der Waals surface area contributed by atoms with Crippen LogP contribution >= 0.6 is 34.3 Å². The first-order valence-corrected chi connectivity index (χ1v) is 11.8. The minimum Gasteiger partial charge on any atom is -0.144 e. The molecule has 0 amide bonds. The van der Waals surface area contributed by atoms with Crippen LogP contribution in [0.2, 0.25) is 4.34 Å². The van der Waals surface area contributed by atoms with E-state index in [-0.39, 0.29) is 0 Å². The highest BCUT2D eigenvalue weighted by molar-refractivity contribution is 7.17. The van der Waals surface area contributed by atoms with Crippen molar-refractivity contribution >= 4 is 46.4 Å². The van der Waals surface area contributed by atoms with Gasteiger partial charge in [0, 0.05) is 9.75 Å². The summed E-state index contributed by atoms with van der Waals surface area (Å²) < 4.78 is 0.974. The average molecular weight is 395 g/mol. The fraction of sp³-hybridized carbons (Fsp3) is 0.545. The van der Waals surface area contributed by atoms with E-state index in [1.54, 1.807) is 11.3 Å². The van der Waals surface area contributed by atoms with Crippen LogP contribution in [0.4, 0.5) is 0 Å². The molecular weight excluding hydrogens is 364 g/mol. The maximum Gasteiger partial charge on any atom is 0.0966 e. The fourth-order valence-corrected chi connectivity index (χ4v) is 5.12. The van der Waals surface area contributed by atoms with Gasteiger partial charge in [0.2, 0.25) is 0 Å². The maximum atomic E-state index is 6.44. The summed E-state index contributed by atoms with van der Waals surface area (Å²) >= 11 is 10.00. The second kappa shape index (κ2) is 11.9. The van der Waals surface area contributed by atoms with Crippen LogP contribution in [0.5, 0.6) is 0 Å². The number of halogens is 1. The first-order valence-electron chi connectivity index (χ1n) is 9.77.